The number of ether oxygens (including phenoxy) is 1. The smallest absolute Gasteiger partial charge is 0.346 e. The highest BCUT2D eigenvalue weighted by Crippen LogP contribution is 2.26. The van der Waals surface area contributed by atoms with Crippen LogP contribution in [0, 0.1) is 0 Å². The lowest BCUT2D eigenvalue weighted by atomic mass is 9.99. The van der Waals surface area contributed by atoms with Gasteiger partial charge in [-0.2, -0.15) is 5.10 Å². The van der Waals surface area contributed by atoms with Gasteiger partial charge in [-0.15, -0.1) is 0 Å². The van der Waals surface area contributed by atoms with E-state index in [1.165, 1.54) is 15.1 Å². The van der Waals surface area contributed by atoms with E-state index in [0.29, 0.717) is 36.8 Å². The van der Waals surface area contributed by atoms with Crippen molar-refractivity contribution in [2.75, 3.05) is 31.3 Å². The topological polar surface area (TPSA) is 116 Å². The standard InChI is InChI=1S/C19H27N5O5S/c1-4-29-16-10-6-5-9-15(16)20-17(25)13-24-19(26)22(2)18(21-24)14-8-7-11-23(12-14)30(3,27)28/h5-6,9-10,14H,4,7-8,11-13H2,1-3H3,(H,20,25). The maximum atomic E-state index is 12.6. The lowest BCUT2D eigenvalue weighted by Crippen LogP contribution is -2.39. The highest BCUT2D eigenvalue weighted by molar-refractivity contribution is 7.88. The Hall–Kier alpha value is -2.66. The molecule has 1 aliphatic rings. The first-order chi connectivity index (χ1) is 14.2. The minimum absolute atomic E-state index is 0.200. The minimum atomic E-state index is -3.31. The Morgan fingerprint density at radius 1 is 1.33 bits per heavy atom. The van der Waals surface area contributed by atoms with E-state index in [9.17, 15) is 18.0 Å². The van der Waals surface area contributed by atoms with Crippen molar-refractivity contribution < 1.29 is 17.9 Å². The van der Waals surface area contributed by atoms with Gasteiger partial charge in [0.15, 0.2) is 0 Å². The van der Waals surface area contributed by atoms with Crippen LogP contribution in [0.3, 0.4) is 0 Å². The molecule has 0 saturated carbocycles. The molecule has 1 aromatic heterocycles. The van der Waals surface area contributed by atoms with Crippen LogP contribution in [0.25, 0.3) is 0 Å². The Bertz CT molecular complexity index is 1080. The second-order valence-corrected chi connectivity index (χ2v) is 9.28. The molecule has 0 bridgehead atoms. The summed E-state index contributed by atoms with van der Waals surface area (Å²) in [5.41, 5.74) is 0.0966. The van der Waals surface area contributed by atoms with Gasteiger partial charge >= 0.3 is 5.69 Å². The number of nitrogens with zero attached hydrogens (tertiary/aromatic N) is 4. The second-order valence-electron chi connectivity index (χ2n) is 7.29. The van der Waals surface area contributed by atoms with E-state index < -0.39 is 21.6 Å². The zero-order valence-corrected chi connectivity index (χ0v) is 18.2. The summed E-state index contributed by atoms with van der Waals surface area (Å²) in [7, 11) is -1.72. The van der Waals surface area contributed by atoms with Gasteiger partial charge in [0.2, 0.25) is 15.9 Å². The Morgan fingerprint density at radius 2 is 2.07 bits per heavy atom. The monoisotopic (exact) mass is 437 g/mol. The number of amides is 1. The van der Waals surface area contributed by atoms with Crippen molar-refractivity contribution in [3.05, 3.63) is 40.6 Å². The molecule has 10 nitrogen and oxygen atoms in total. The summed E-state index contributed by atoms with van der Waals surface area (Å²) in [5, 5.41) is 7.09. The number of piperidine rings is 1. The quantitative estimate of drug-likeness (QED) is 0.684. The van der Waals surface area contributed by atoms with Crippen molar-refractivity contribution in [2.24, 2.45) is 7.05 Å². The van der Waals surface area contributed by atoms with Crippen molar-refractivity contribution in [3.8, 4) is 5.75 Å². The van der Waals surface area contributed by atoms with Crippen LogP contribution in [0.1, 0.15) is 31.5 Å². The predicted octanol–water partition coefficient (Wildman–Crippen LogP) is 0.758. The molecule has 1 aliphatic heterocycles. The number of hydrogen-bond donors (Lipinski definition) is 1. The normalized spacial score (nSPS) is 17.6. The number of nitrogens with one attached hydrogen (secondary N) is 1. The molecule has 0 aliphatic carbocycles. The Kier molecular flexibility index (Phi) is 6.61. The van der Waals surface area contributed by atoms with Gasteiger partial charge in [0.25, 0.3) is 0 Å². The third-order valence-corrected chi connectivity index (χ3v) is 6.32. The summed E-state index contributed by atoms with van der Waals surface area (Å²) in [4.78, 5) is 25.1. The average Bonchev–Trinajstić information content (AvgIpc) is 2.97. The fraction of sp³-hybridized carbons (Fsp3) is 0.526. The third kappa shape index (κ3) is 4.90. The third-order valence-electron chi connectivity index (χ3n) is 5.05. The lowest BCUT2D eigenvalue weighted by Gasteiger charge is -2.30. The van der Waals surface area contributed by atoms with E-state index in [2.05, 4.69) is 10.4 Å². The highest BCUT2D eigenvalue weighted by Gasteiger charge is 2.30. The van der Waals surface area contributed by atoms with Crippen LogP contribution < -0.4 is 15.7 Å². The van der Waals surface area contributed by atoms with Gasteiger partial charge < -0.3 is 10.1 Å². The Morgan fingerprint density at radius 3 is 2.77 bits per heavy atom. The van der Waals surface area contributed by atoms with Gasteiger partial charge in [0.1, 0.15) is 18.1 Å². The fourth-order valence-electron chi connectivity index (χ4n) is 3.59. The van der Waals surface area contributed by atoms with Crippen molar-refractivity contribution >= 4 is 21.6 Å². The molecule has 1 amide bonds. The zero-order chi connectivity index (χ0) is 21.9. The number of hydrogen-bond acceptors (Lipinski definition) is 6. The average molecular weight is 438 g/mol. The van der Waals surface area contributed by atoms with Gasteiger partial charge in [0, 0.05) is 26.1 Å². The largest absolute Gasteiger partial charge is 0.492 e. The van der Waals surface area contributed by atoms with E-state index >= 15 is 0 Å². The molecule has 1 unspecified atom stereocenters. The van der Waals surface area contributed by atoms with Crippen LogP contribution in [0.15, 0.2) is 29.1 Å². The lowest BCUT2D eigenvalue weighted by molar-refractivity contribution is -0.117. The highest BCUT2D eigenvalue weighted by atomic mass is 32.2. The van der Waals surface area contributed by atoms with E-state index in [4.69, 9.17) is 4.74 Å². The van der Waals surface area contributed by atoms with Gasteiger partial charge in [-0.05, 0) is 31.9 Å². The molecule has 0 spiro atoms. The molecule has 1 N–H and O–H groups in total. The van der Waals surface area contributed by atoms with Crippen molar-refractivity contribution in [1.29, 1.82) is 0 Å². The number of para-hydroxylation sites is 2. The summed E-state index contributed by atoms with van der Waals surface area (Å²) >= 11 is 0. The predicted molar refractivity (Wildman–Crippen MR) is 112 cm³/mol. The minimum Gasteiger partial charge on any atom is -0.492 e. The zero-order valence-electron chi connectivity index (χ0n) is 17.4. The van der Waals surface area contributed by atoms with Crippen LogP contribution in [-0.4, -0.2) is 58.9 Å². The maximum Gasteiger partial charge on any atom is 0.346 e. The number of anilines is 1. The van der Waals surface area contributed by atoms with Gasteiger partial charge in [-0.1, -0.05) is 12.1 Å². The summed E-state index contributed by atoms with van der Waals surface area (Å²) in [6.07, 6.45) is 2.59. The van der Waals surface area contributed by atoms with E-state index in [1.807, 2.05) is 6.92 Å². The van der Waals surface area contributed by atoms with E-state index in [0.717, 1.165) is 11.1 Å². The SMILES string of the molecule is CCOc1ccccc1NC(=O)Cn1nc(C2CCCN(S(C)(=O)=O)C2)n(C)c1=O. The molecule has 1 aromatic carbocycles. The van der Waals surface area contributed by atoms with Gasteiger partial charge in [0.05, 0.1) is 18.6 Å². The molecule has 1 fully saturated rings. The van der Waals surface area contributed by atoms with E-state index in [1.54, 1.807) is 31.3 Å². The van der Waals surface area contributed by atoms with Crippen LogP contribution >= 0.6 is 0 Å². The Balaban J connectivity index is 1.76. The fourth-order valence-corrected chi connectivity index (χ4v) is 4.51. The van der Waals surface area contributed by atoms with Gasteiger partial charge in [-0.25, -0.2) is 22.2 Å². The molecular formula is C19H27N5O5S. The first-order valence-corrected chi connectivity index (χ1v) is 11.7. The Labute approximate surface area is 175 Å². The number of carbonyl (C=O) groups is 1. The molecule has 11 heteroatoms. The molecular weight excluding hydrogens is 410 g/mol. The molecule has 2 heterocycles. The molecule has 1 atom stereocenters. The van der Waals surface area contributed by atoms with Crippen LogP contribution in [0.5, 0.6) is 5.75 Å². The summed E-state index contributed by atoms with van der Waals surface area (Å²) in [6.45, 7) is 2.80. The number of carbonyl (C=O) groups excluding carboxylic acids is 1. The van der Waals surface area contributed by atoms with Gasteiger partial charge in [-0.3, -0.25) is 9.36 Å². The number of sulfonamides is 1. The van der Waals surface area contributed by atoms with E-state index in [-0.39, 0.29) is 19.0 Å². The van der Waals surface area contributed by atoms with Crippen LogP contribution in [-0.2, 0) is 28.4 Å². The molecule has 1 saturated heterocycles. The van der Waals surface area contributed by atoms with Crippen molar-refractivity contribution in [2.45, 2.75) is 32.2 Å². The molecule has 2 aromatic rings. The first-order valence-electron chi connectivity index (χ1n) is 9.81. The first kappa shape index (κ1) is 22.0. The maximum absolute atomic E-state index is 12.6. The molecule has 164 valence electrons. The molecule has 30 heavy (non-hydrogen) atoms. The molecule has 0 radical (unpaired) electrons. The molecule has 3 rings (SSSR count). The van der Waals surface area contributed by atoms with Crippen LogP contribution in [0.4, 0.5) is 5.69 Å². The second kappa shape index (κ2) is 9.00. The van der Waals surface area contributed by atoms with Crippen molar-refractivity contribution in [1.82, 2.24) is 18.7 Å². The summed E-state index contributed by atoms with van der Waals surface area (Å²) in [5.74, 6) is 0.422. The summed E-state index contributed by atoms with van der Waals surface area (Å²) in [6, 6.07) is 7.05. The van der Waals surface area contributed by atoms with Crippen LogP contribution in [0.2, 0.25) is 0 Å². The number of benzene rings is 1. The number of rotatable bonds is 7. The number of aromatic nitrogens is 3. The van der Waals surface area contributed by atoms with Crippen molar-refractivity contribution in [3.63, 3.8) is 0 Å². The summed E-state index contributed by atoms with van der Waals surface area (Å²) < 4.78 is 33.2.